The van der Waals surface area contributed by atoms with Gasteiger partial charge < -0.3 is 5.11 Å². The fraction of sp³-hybridized carbons (Fsp3) is 0. The summed E-state index contributed by atoms with van der Waals surface area (Å²) < 4.78 is 0.789. The van der Waals surface area contributed by atoms with E-state index >= 15 is 0 Å². The minimum atomic E-state index is 0.532. The van der Waals surface area contributed by atoms with Crippen molar-refractivity contribution in [3.8, 4) is 0 Å². The third kappa shape index (κ3) is 1.51. The zero-order valence-corrected chi connectivity index (χ0v) is 7.35. The van der Waals surface area contributed by atoms with E-state index in [1.54, 1.807) is 12.1 Å². The molecule has 1 nitrogen and oxygen atoms in total. The van der Waals surface area contributed by atoms with E-state index in [1.165, 1.54) is 0 Å². The average molecular weight is 220 g/mol. The molecule has 0 aliphatic heterocycles. The molecule has 1 rings (SSSR count). The number of benzene rings is 1. The van der Waals surface area contributed by atoms with Gasteiger partial charge >= 0.3 is 0 Å². The zero-order valence-electron chi connectivity index (χ0n) is 5.01. The fourth-order valence-corrected chi connectivity index (χ4v) is 1.18. The van der Waals surface area contributed by atoms with E-state index < -0.39 is 0 Å². The van der Waals surface area contributed by atoms with E-state index in [9.17, 15) is 0 Å². The van der Waals surface area contributed by atoms with Gasteiger partial charge in [0, 0.05) is 10.0 Å². The predicted molar refractivity (Wildman–Crippen MR) is 44.5 cm³/mol. The van der Waals surface area contributed by atoms with Gasteiger partial charge in [-0.3, -0.25) is 0 Å². The van der Waals surface area contributed by atoms with Gasteiger partial charge in [-0.15, -0.1) is 0 Å². The molecule has 0 heterocycles. The van der Waals surface area contributed by atoms with Crippen LogP contribution in [0.1, 0.15) is 5.56 Å². The summed E-state index contributed by atoms with van der Waals surface area (Å²) >= 11 is 8.98. The Balaban J connectivity index is 3.14. The molecular formula is C7H5BrClO. The topological polar surface area (TPSA) is 20.2 Å². The maximum absolute atomic E-state index is 8.61. The Morgan fingerprint density at radius 2 is 2.20 bits per heavy atom. The second-order valence-electron chi connectivity index (χ2n) is 1.77. The second-order valence-corrected chi connectivity index (χ2v) is 3.00. The van der Waals surface area contributed by atoms with Crippen LogP contribution in [0.4, 0.5) is 0 Å². The van der Waals surface area contributed by atoms with Crippen molar-refractivity contribution >= 4 is 27.5 Å². The van der Waals surface area contributed by atoms with Gasteiger partial charge in [0.05, 0.1) is 5.02 Å². The minimum absolute atomic E-state index is 0.532. The van der Waals surface area contributed by atoms with E-state index in [4.69, 9.17) is 16.7 Å². The molecule has 0 fully saturated rings. The molecule has 0 bridgehead atoms. The van der Waals surface area contributed by atoms with E-state index in [0.717, 1.165) is 11.1 Å². The molecule has 0 spiro atoms. The number of aliphatic hydroxyl groups is 1. The van der Waals surface area contributed by atoms with Gasteiger partial charge in [0.2, 0.25) is 0 Å². The number of rotatable bonds is 1. The lowest BCUT2D eigenvalue weighted by molar-refractivity contribution is 0.415. The molecule has 3 heteroatoms. The molecule has 0 amide bonds. The normalized spacial score (nSPS) is 9.90. The van der Waals surface area contributed by atoms with Crippen molar-refractivity contribution in [1.82, 2.24) is 0 Å². The van der Waals surface area contributed by atoms with Gasteiger partial charge in [0.15, 0.2) is 0 Å². The molecule has 0 unspecified atom stereocenters. The highest BCUT2D eigenvalue weighted by Crippen LogP contribution is 2.26. The zero-order chi connectivity index (χ0) is 7.56. The van der Waals surface area contributed by atoms with Crippen LogP contribution in [-0.2, 0) is 0 Å². The summed E-state index contributed by atoms with van der Waals surface area (Å²) in [5, 5.41) is 9.14. The Morgan fingerprint density at radius 3 is 2.70 bits per heavy atom. The van der Waals surface area contributed by atoms with Gasteiger partial charge in [-0.25, -0.2) is 0 Å². The summed E-state index contributed by atoms with van der Waals surface area (Å²) in [6, 6.07) is 5.35. The third-order valence-electron chi connectivity index (χ3n) is 1.12. The lowest BCUT2D eigenvalue weighted by Crippen LogP contribution is -1.81. The maximum atomic E-state index is 8.61. The van der Waals surface area contributed by atoms with Crippen LogP contribution in [0.2, 0.25) is 5.02 Å². The first kappa shape index (κ1) is 8.05. The van der Waals surface area contributed by atoms with Crippen molar-refractivity contribution in [1.29, 1.82) is 0 Å². The minimum Gasteiger partial charge on any atom is -0.385 e. The molecule has 10 heavy (non-hydrogen) atoms. The van der Waals surface area contributed by atoms with E-state index in [-0.39, 0.29) is 0 Å². The van der Waals surface area contributed by atoms with Crippen LogP contribution >= 0.6 is 27.5 Å². The van der Waals surface area contributed by atoms with E-state index in [0.29, 0.717) is 10.6 Å². The van der Waals surface area contributed by atoms with E-state index in [2.05, 4.69) is 15.9 Å². The summed E-state index contributed by atoms with van der Waals surface area (Å²) in [7, 11) is 0. The summed E-state index contributed by atoms with van der Waals surface area (Å²) in [4.78, 5) is 0. The SMILES string of the molecule is O[CH]c1cccc(Br)c1Cl. The lowest BCUT2D eigenvalue weighted by atomic mass is 10.2. The molecule has 1 N–H and O–H groups in total. The molecule has 0 saturated carbocycles. The molecule has 0 atom stereocenters. The highest BCUT2D eigenvalue weighted by molar-refractivity contribution is 9.10. The van der Waals surface area contributed by atoms with Crippen LogP contribution < -0.4 is 0 Å². The molecule has 1 aromatic rings. The molecule has 0 aromatic heterocycles. The summed E-state index contributed by atoms with van der Waals surface area (Å²) in [5.41, 5.74) is 0.621. The quantitative estimate of drug-likeness (QED) is 0.771. The Labute approximate surface area is 72.8 Å². The fourth-order valence-electron chi connectivity index (χ4n) is 0.620. The highest BCUT2D eigenvalue weighted by atomic mass is 79.9. The predicted octanol–water partition coefficient (Wildman–Crippen LogP) is 2.98. The molecule has 1 aromatic carbocycles. The van der Waals surface area contributed by atoms with Crippen LogP contribution in [-0.4, -0.2) is 5.11 Å². The van der Waals surface area contributed by atoms with Crippen molar-refractivity contribution in [2.75, 3.05) is 0 Å². The first-order valence-electron chi connectivity index (χ1n) is 2.67. The molecule has 1 radical (unpaired) electrons. The number of hydrogen-bond donors (Lipinski definition) is 1. The maximum Gasteiger partial charge on any atom is 0.111 e. The van der Waals surface area contributed by atoms with E-state index in [1.807, 2.05) is 6.07 Å². The Bertz CT molecular complexity index is 237. The monoisotopic (exact) mass is 219 g/mol. The highest BCUT2D eigenvalue weighted by Gasteiger charge is 2.00. The van der Waals surface area contributed by atoms with Crippen LogP contribution in [0.5, 0.6) is 0 Å². The molecule has 0 saturated heterocycles. The summed E-state index contributed by atoms with van der Waals surface area (Å²) in [6.07, 6.45) is 0. The van der Waals surface area contributed by atoms with Gasteiger partial charge in [0.25, 0.3) is 0 Å². The first-order chi connectivity index (χ1) is 4.75. The molecule has 53 valence electrons. The van der Waals surface area contributed by atoms with Crippen molar-refractivity contribution in [2.24, 2.45) is 0 Å². The van der Waals surface area contributed by atoms with Crippen LogP contribution in [0.15, 0.2) is 22.7 Å². The summed E-state index contributed by atoms with van der Waals surface area (Å²) in [5.74, 6) is 0. The molecular weight excluding hydrogens is 215 g/mol. The van der Waals surface area contributed by atoms with Crippen molar-refractivity contribution < 1.29 is 5.11 Å². The lowest BCUT2D eigenvalue weighted by Gasteiger charge is -1.99. The van der Waals surface area contributed by atoms with Crippen molar-refractivity contribution in [3.63, 3.8) is 0 Å². The largest absolute Gasteiger partial charge is 0.385 e. The Hall–Kier alpha value is -0.0500. The Kier molecular flexibility index (Phi) is 2.72. The van der Waals surface area contributed by atoms with Crippen LogP contribution in [0, 0.1) is 6.61 Å². The Morgan fingerprint density at radius 1 is 1.50 bits per heavy atom. The standard InChI is InChI=1S/C7H5BrClO/c8-6-3-1-2-5(4-10)7(6)9/h1-4,10H. The molecule has 0 aliphatic rings. The van der Waals surface area contributed by atoms with Gasteiger partial charge in [-0.05, 0) is 22.0 Å². The molecule has 0 aliphatic carbocycles. The van der Waals surface area contributed by atoms with Gasteiger partial charge in [-0.2, -0.15) is 0 Å². The van der Waals surface area contributed by atoms with Crippen LogP contribution in [0.25, 0.3) is 0 Å². The second kappa shape index (κ2) is 3.37. The van der Waals surface area contributed by atoms with Crippen molar-refractivity contribution in [3.05, 3.63) is 39.9 Å². The average Bonchev–Trinajstić information content (AvgIpc) is 1.95. The van der Waals surface area contributed by atoms with Gasteiger partial charge in [0.1, 0.15) is 6.61 Å². The number of aliphatic hydroxyl groups excluding tert-OH is 1. The van der Waals surface area contributed by atoms with Gasteiger partial charge in [-0.1, -0.05) is 23.7 Å². The first-order valence-corrected chi connectivity index (χ1v) is 3.84. The van der Waals surface area contributed by atoms with Crippen molar-refractivity contribution in [2.45, 2.75) is 0 Å². The van der Waals surface area contributed by atoms with Crippen LogP contribution in [0.3, 0.4) is 0 Å². The number of hydrogen-bond acceptors (Lipinski definition) is 1. The third-order valence-corrected chi connectivity index (χ3v) is 2.43. The smallest absolute Gasteiger partial charge is 0.111 e. The number of halogens is 2. The summed E-state index contributed by atoms with van der Waals surface area (Å²) in [6.45, 7) is 0.979.